The Morgan fingerprint density at radius 2 is 1.79 bits per heavy atom. The number of ether oxygens (including phenoxy) is 1. The standard InChI is InChI=1S/C16H24N2O/c1-15(2,10-17)11-18-12-16(3,4)13-8-6-7-9-14(13)19-5/h6-9,18H,11-12H2,1-5H3. The SMILES string of the molecule is COc1ccccc1C(C)(C)CNCC(C)(C)C#N. The van der Waals surface area contributed by atoms with Gasteiger partial charge in [-0.15, -0.1) is 0 Å². The average Bonchev–Trinajstić information content (AvgIpc) is 2.38. The lowest BCUT2D eigenvalue weighted by Crippen LogP contribution is -2.38. The summed E-state index contributed by atoms with van der Waals surface area (Å²) in [5.41, 5.74) is 0.800. The van der Waals surface area contributed by atoms with Gasteiger partial charge in [0.15, 0.2) is 0 Å². The minimum atomic E-state index is -0.336. The van der Waals surface area contributed by atoms with Crippen LogP contribution in [0.4, 0.5) is 0 Å². The lowest BCUT2D eigenvalue weighted by Gasteiger charge is -2.29. The van der Waals surface area contributed by atoms with Gasteiger partial charge in [-0.1, -0.05) is 32.0 Å². The molecule has 1 aromatic carbocycles. The lowest BCUT2D eigenvalue weighted by molar-refractivity contribution is 0.370. The Labute approximate surface area is 116 Å². The molecule has 0 aromatic heterocycles. The van der Waals surface area contributed by atoms with E-state index in [-0.39, 0.29) is 10.8 Å². The fraction of sp³-hybridized carbons (Fsp3) is 0.562. The van der Waals surface area contributed by atoms with Crippen LogP contribution in [0.2, 0.25) is 0 Å². The molecule has 0 bridgehead atoms. The van der Waals surface area contributed by atoms with Gasteiger partial charge in [0.2, 0.25) is 0 Å². The molecule has 1 N–H and O–H groups in total. The lowest BCUT2D eigenvalue weighted by atomic mass is 9.83. The zero-order valence-corrected chi connectivity index (χ0v) is 12.6. The topological polar surface area (TPSA) is 45.0 Å². The Hall–Kier alpha value is -1.53. The smallest absolute Gasteiger partial charge is 0.122 e. The van der Waals surface area contributed by atoms with Gasteiger partial charge in [-0.05, 0) is 19.9 Å². The van der Waals surface area contributed by atoms with Gasteiger partial charge in [0, 0.05) is 24.1 Å². The fourth-order valence-electron chi connectivity index (χ4n) is 2.03. The van der Waals surface area contributed by atoms with Gasteiger partial charge in [0.25, 0.3) is 0 Å². The molecule has 0 atom stereocenters. The van der Waals surface area contributed by atoms with Crippen LogP contribution in [-0.2, 0) is 5.41 Å². The van der Waals surface area contributed by atoms with Gasteiger partial charge in [0.05, 0.1) is 18.6 Å². The first-order valence-corrected chi connectivity index (χ1v) is 6.58. The van der Waals surface area contributed by atoms with Crippen molar-refractivity contribution in [3.8, 4) is 11.8 Å². The number of hydrogen-bond donors (Lipinski definition) is 1. The number of nitriles is 1. The van der Waals surface area contributed by atoms with Crippen molar-refractivity contribution >= 4 is 0 Å². The summed E-state index contributed by atoms with van der Waals surface area (Å²) >= 11 is 0. The normalized spacial score (nSPS) is 12.0. The van der Waals surface area contributed by atoms with E-state index >= 15 is 0 Å². The molecular formula is C16H24N2O. The highest BCUT2D eigenvalue weighted by Gasteiger charge is 2.25. The van der Waals surface area contributed by atoms with E-state index in [2.05, 4.69) is 31.3 Å². The second-order valence-corrected chi connectivity index (χ2v) is 6.18. The zero-order valence-electron chi connectivity index (χ0n) is 12.6. The van der Waals surface area contributed by atoms with Crippen LogP contribution in [-0.4, -0.2) is 20.2 Å². The Bertz CT molecular complexity index is 458. The molecule has 0 aliphatic carbocycles. The van der Waals surface area contributed by atoms with E-state index in [1.54, 1.807) is 7.11 Å². The Morgan fingerprint density at radius 3 is 2.37 bits per heavy atom. The highest BCUT2D eigenvalue weighted by molar-refractivity contribution is 5.39. The quantitative estimate of drug-likeness (QED) is 0.854. The van der Waals surface area contributed by atoms with Gasteiger partial charge >= 0.3 is 0 Å². The molecule has 0 fully saturated rings. The van der Waals surface area contributed by atoms with Gasteiger partial charge in [-0.3, -0.25) is 0 Å². The second-order valence-electron chi connectivity index (χ2n) is 6.18. The zero-order chi connectivity index (χ0) is 14.5. The van der Waals surface area contributed by atoms with Crippen molar-refractivity contribution in [1.82, 2.24) is 5.32 Å². The number of benzene rings is 1. The van der Waals surface area contributed by atoms with Crippen LogP contribution in [0.25, 0.3) is 0 Å². The Balaban J connectivity index is 2.74. The molecule has 0 saturated heterocycles. The summed E-state index contributed by atoms with van der Waals surface area (Å²) in [6.07, 6.45) is 0. The number of para-hydroxylation sites is 1. The predicted octanol–water partition coefficient (Wildman–Crippen LogP) is 3.11. The third-order valence-corrected chi connectivity index (χ3v) is 3.27. The van der Waals surface area contributed by atoms with Gasteiger partial charge in [-0.2, -0.15) is 5.26 Å². The molecule has 0 saturated carbocycles. The molecule has 104 valence electrons. The molecule has 0 spiro atoms. The summed E-state index contributed by atoms with van der Waals surface area (Å²) < 4.78 is 5.42. The Kier molecular flexibility index (Phi) is 4.97. The predicted molar refractivity (Wildman–Crippen MR) is 78.3 cm³/mol. The molecule has 1 rings (SSSR count). The maximum absolute atomic E-state index is 9.01. The molecule has 3 nitrogen and oxygen atoms in total. The molecule has 19 heavy (non-hydrogen) atoms. The molecule has 0 unspecified atom stereocenters. The maximum Gasteiger partial charge on any atom is 0.122 e. The fourth-order valence-corrected chi connectivity index (χ4v) is 2.03. The van der Waals surface area contributed by atoms with Crippen molar-refractivity contribution in [2.24, 2.45) is 5.41 Å². The van der Waals surface area contributed by atoms with Crippen LogP contribution in [0.1, 0.15) is 33.3 Å². The van der Waals surface area contributed by atoms with E-state index in [1.807, 2.05) is 32.0 Å². The van der Waals surface area contributed by atoms with Crippen molar-refractivity contribution in [1.29, 1.82) is 5.26 Å². The minimum Gasteiger partial charge on any atom is -0.496 e. The van der Waals surface area contributed by atoms with Crippen LogP contribution in [0, 0.1) is 16.7 Å². The number of rotatable bonds is 6. The van der Waals surface area contributed by atoms with Crippen molar-refractivity contribution in [3.05, 3.63) is 29.8 Å². The first kappa shape index (κ1) is 15.5. The minimum absolute atomic E-state index is 0.0435. The van der Waals surface area contributed by atoms with Crippen LogP contribution in [0.5, 0.6) is 5.75 Å². The molecule has 3 heteroatoms. The van der Waals surface area contributed by atoms with E-state index in [1.165, 1.54) is 5.56 Å². The number of methoxy groups -OCH3 is 1. The van der Waals surface area contributed by atoms with E-state index in [0.717, 1.165) is 12.3 Å². The number of nitrogens with one attached hydrogen (secondary N) is 1. The van der Waals surface area contributed by atoms with Crippen molar-refractivity contribution in [2.75, 3.05) is 20.2 Å². The van der Waals surface area contributed by atoms with Gasteiger partial charge in [0.1, 0.15) is 5.75 Å². The second kappa shape index (κ2) is 6.08. The van der Waals surface area contributed by atoms with Crippen LogP contribution < -0.4 is 10.1 Å². The third kappa shape index (κ3) is 4.25. The monoisotopic (exact) mass is 260 g/mol. The molecule has 1 aromatic rings. The van der Waals surface area contributed by atoms with E-state index in [9.17, 15) is 0 Å². The average molecular weight is 260 g/mol. The van der Waals surface area contributed by atoms with Crippen LogP contribution >= 0.6 is 0 Å². The molecule has 0 amide bonds. The van der Waals surface area contributed by atoms with Crippen molar-refractivity contribution < 1.29 is 4.74 Å². The molecule has 0 aliphatic rings. The number of nitrogens with zero attached hydrogens (tertiary/aromatic N) is 1. The van der Waals surface area contributed by atoms with Crippen molar-refractivity contribution in [2.45, 2.75) is 33.1 Å². The summed E-state index contributed by atoms with van der Waals surface area (Å²) in [6, 6.07) is 10.4. The highest BCUT2D eigenvalue weighted by Crippen LogP contribution is 2.30. The summed E-state index contributed by atoms with van der Waals surface area (Å²) in [7, 11) is 1.70. The first-order valence-electron chi connectivity index (χ1n) is 6.58. The number of hydrogen-bond acceptors (Lipinski definition) is 3. The highest BCUT2D eigenvalue weighted by atomic mass is 16.5. The molecule has 0 aliphatic heterocycles. The van der Waals surface area contributed by atoms with Crippen LogP contribution in [0.15, 0.2) is 24.3 Å². The third-order valence-electron chi connectivity index (χ3n) is 3.27. The van der Waals surface area contributed by atoms with E-state index in [0.29, 0.717) is 6.54 Å². The largest absolute Gasteiger partial charge is 0.496 e. The van der Waals surface area contributed by atoms with Gasteiger partial charge in [-0.25, -0.2) is 0 Å². The first-order chi connectivity index (χ1) is 8.82. The van der Waals surface area contributed by atoms with Gasteiger partial charge < -0.3 is 10.1 Å². The van der Waals surface area contributed by atoms with E-state index < -0.39 is 0 Å². The maximum atomic E-state index is 9.01. The van der Waals surface area contributed by atoms with Crippen LogP contribution in [0.3, 0.4) is 0 Å². The molecule has 0 radical (unpaired) electrons. The van der Waals surface area contributed by atoms with Crippen molar-refractivity contribution in [3.63, 3.8) is 0 Å². The summed E-state index contributed by atoms with van der Waals surface area (Å²) in [6.45, 7) is 9.72. The molecular weight excluding hydrogens is 236 g/mol. The van der Waals surface area contributed by atoms with E-state index in [4.69, 9.17) is 10.00 Å². The molecule has 0 heterocycles. The summed E-state index contributed by atoms with van der Waals surface area (Å²) in [5.74, 6) is 0.911. The summed E-state index contributed by atoms with van der Waals surface area (Å²) in [5, 5.41) is 12.4. The Morgan fingerprint density at radius 1 is 1.16 bits per heavy atom. The summed E-state index contributed by atoms with van der Waals surface area (Å²) in [4.78, 5) is 0.